The molecule has 0 radical (unpaired) electrons. The van der Waals surface area contributed by atoms with Crippen LogP contribution in [-0.4, -0.2) is 40.0 Å². The van der Waals surface area contributed by atoms with Crippen LogP contribution in [0.4, 0.5) is 8.78 Å². The molecule has 1 unspecified atom stereocenters. The summed E-state index contributed by atoms with van der Waals surface area (Å²) in [5.41, 5.74) is 0.954. The summed E-state index contributed by atoms with van der Waals surface area (Å²) in [5.74, 6) is -2.09. The van der Waals surface area contributed by atoms with E-state index in [0.717, 1.165) is 17.7 Å². The first kappa shape index (κ1) is 17.9. The molecule has 0 aliphatic carbocycles. The second kappa shape index (κ2) is 8.39. The zero-order chi connectivity index (χ0) is 17.5. The number of aliphatic hydroxyl groups excluding tert-OH is 1. The van der Waals surface area contributed by atoms with Gasteiger partial charge in [0.05, 0.1) is 6.20 Å². The van der Waals surface area contributed by atoms with Gasteiger partial charge in [0, 0.05) is 32.3 Å². The molecule has 0 saturated carbocycles. The summed E-state index contributed by atoms with van der Waals surface area (Å²) < 4.78 is 32.6. The highest BCUT2D eigenvalue weighted by Crippen LogP contribution is 2.15. The molecule has 24 heavy (non-hydrogen) atoms. The molecule has 0 fully saturated rings. The molecule has 0 spiro atoms. The fraction of sp³-hybridized carbons (Fsp3) is 0.375. The van der Waals surface area contributed by atoms with Crippen LogP contribution in [0.2, 0.25) is 0 Å². The van der Waals surface area contributed by atoms with Crippen LogP contribution in [0.3, 0.4) is 0 Å². The van der Waals surface area contributed by atoms with E-state index < -0.39 is 17.7 Å². The summed E-state index contributed by atoms with van der Waals surface area (Å²) in [4.78, 5) is 11.7. The topological polar surface area (TPSA) is 76.4 Å². The Balaban J connectivity index is 1.65. The number of hydrogen-bond donors (Lipinski definition) is 2. The van der Waals surface area contributed by atoms with Crippen molar-refractivity contribution in [3.8, 4) is 5.75 Å². The first-order valence-electron chi connectivity index (χ1n) is 7.44. The maximum absolute atomic E-state index is 13.0. The number of aryl methyl sites for hydroxylation is 2. The van der Waals surface area contributed by atoms with Gasteiger partial charge in [-0.3, -0.25) is 9.48 Å². The van der Waals surface area contributed by atoms with Gasteiger partial charge >= 0.3 is 0 Å². The number of ether oxygens (including phenoxy) is 1. The van der Waals surface area contributed by atoms with E-state index in [0.29, 0.717) is 6.42 Å². The highest BCUT2D eigenvalue weighted by atomic mass is 19.2. The molecular weight excluding hydrogens is 320 g/mol. The molecule has 8 heteroatoms. The zero-order valence-corrected chi connectivity index (χ0v) is 13.2. The lowest BCUT2D eigenvalue weighted by atomic mass is 10.2. The number of amides is 1. The van der Waals surface area contributed by atoms with Gasteiger partial charge in [0.2, 0.25) is 5.91 Å². The molecule has 0 aliphatic heterocycles. The van der Waals surface area contributed by atoms with E-state index in [9.17, 15) is 18.7 Å². The van der Waals surface area contributed by atoms with Crippen LogP contribution in [0.5, 0.6) is 5.75 Å². The number of benzene rings is 1. The van der Waals surface area contributed by atoms with E-state index in [1.54, 1.807) is 17.9 Å². The molecule has 1 aromatic heterocycles. The predicted octanol–water partition coefficient (Wildman–Crippen LogP) is 1.19. The van der Waals surface area contributed by atoms with Crippen molar-refractivity contribution in [2.45, 2.75) is 18.9 Å². The summed E-state index contributed by atoms with van der Waals surface area (Å²) in [6, 6.07) is 3.10. The number of hydrogen-bond acceptors (Lipinski definition) is 4. The maximum atomic E-state index is 13.0. The van der Waals surface area contributed by atoms with E-state index in [4.69, 9.17) is 4.74 Å². The highest BCUT2D eigenvalue weighted by Gasteiger charge is 2.10. The SMILES string of the molecule is Cn1cc(CCC(=O)NCC(O)COc2ccc(F)c(F)c2)cn1. The minimum atomic E-state index is -1.02. The van der Waals surface area contributed by atoms with E-state index in [2.05, 4.69) is 10.4 Å². The lowest BCUT2D eigenvalue weighted by Gasteiger charge is -2.13. The Morgan fingerprint density at radius 1 is 1.42 bits per heavy atom. The highest BCUT2D eigenvalue weighted by molar-refractivity contribution is 5.76. The predicted molar refractivity (Wildman–Crippen MR) is 82.4 cm³/mol. The lowest BCUT2D eigenvalue weighted by molar-refractivity contribution is -0.121. The monoisotopic (exact) mass is 339 g/mol. The van der Waals surface area contributed by atoms with Crippen LogP contribution in [0.1, 0.15) is 12.0 Å². The molecule has 1 amide bonds. The first-order valence-corrected chi connectivity index (χ1v) is 7.44. The number of nitrogens with zero attached hydrogens (tertiary/aromatic N) is 2. The molecule has 1 heterocycles. The third-order valence-corrected chi connectivity index (χ3v) is 3.27. The van der Waals surface area contributed by atoms with Crippen molar-refractivity contribution < 1.29 is 23.4 Å². The second-order valence-electron chi connectivity index (χ2n) is 5.37. The van der Waals surface area contributed by atoms with E-state index in [-0.39, 0.29) is 31.2 Å². The molecule has 0 aliphatic rings. The summed E-state index contributed by atoms with van der Waals surface area (Å²) in [6.07, 6.45) is 3.40. The van der Waals surface area contributed by atoms with Gasteiger partial charge in [-0.2, -0.15) is 5.10 Å². The fourth-order valence-electron chi connectivity index (χ4n) is 2.00. The minimum Gasteiger partial charge on any atom is -0.491 e. The molecule has 6 nitrogen and oxygen atoms in total. The van der Waals surface area contributed by atoms with Gasteiger partial charge in [0.15, 0.2) is 11.6 Å². The molecule has 1 aromatic carbocycles. The third-order valence-electron chi connectivity index (χ3n) is 3.27. The van der Waals surface area contributed by atoms with Crippen molar-refractivity contribution in [3.63, 3.8) is 0 Å². The van der Waals surface area contributed by atoms with Gasteiger partial charge in [0.1, 0.15) is 18.5 Å². The van der Waals surface area contributed by atoms with Crippen molar-refractivity contribution >= 4 is 5.91 Å². The molecule has 130 valence electrons. The zero-order valence-electron chi connectivity index (χ0n) is 13.2. The normalized spacial score (nSPS) is 12.0. The van der Waals surface area contributed by atoms with Crippen LogP contribution in [0.15, 0.2) is 30.6 Å². The summed E-state index contributed by atoms with van der Waals surface area (Å²) in [6.45, 7) is -0.135. The Bertz CT molecular complexity index is 691. The Morgan fingerprint density at radius 3 is 2.88 bits per heavy atom. The van der Waals surface area contributed by atoms with E-state index in [1.165, 1.54) is 6.07 Å². The van der Waals surface area contributed by atoms with Gasteiger partial charge in [-0.25, -0.2) is 8.78 Å². The molecule has 0 saturated heterocycles. The van der Waals surface area contributed by atoms with Crippen molar-refractivity contribution in [2.75, 3.05) is 13.2 Å². The Labute approximate surface area is 138 Å². The van der Waals surface area contributed by atoms with Gasteiger partial charge in [0.25, 0.3) is 0 Å². The largest absolute Gasteiger partial charge is 0.491 e. The summed E-state index contributed by atoms with van der Waals surface area (Å²) in [7, 11) is 1.80. The maximum Gasteiger partial charge on any atom is 0.220 e. The molecule has 2 aromatic rings. The van der Waals surface area contributed by atoms with Crippen molar-refractivity contribution in [1.29, 1.82) is 0 Å². The second-order valence-corrected chi connectivity index (χ2v) is 5.37. The van der Waals surface area contributed by atoms with E-state index in [1.807, 2.05) is 6.20 Å². The fourth-order valence-corrected chi connectivity index (χ4v) is 2.00. The van der Waals surface area contributed by atoms with Crippen LogP contribution < -0.4 is 10.1 Å². The Hall–Kier alpha value is -2.48. The van der Waals surface area contributed by atoms with Crippen molar-refractivity contribution in [1.82, 2.24) is 15.1 Å². The molecule has 1 atom stereocenters. The smallest absolute Gasteiger partial charge is 0.220 e. The Kier molecular flexibility index (Phi) is 6.25. The quantitative estimate of drug-likeness (QED) is 0.757. The number of halogens is 2. The van der Waals surface area contributed by atoms with Gasteiger partial charge < -0.3 is 15.2 Å². The van der Waals surface area contributed by atoms with Crippen LogP contribution in [-0.2, 0) is 18.3 Å². The van der Waals surface area contributed by atoms with Gasteiger partial charge in [-0.15, -0.1) is 0 Å². The molecule has 0 bridgehead atoms. The summed E-state index contributed by atoms with van der Waals surface area (Å²) >= 11 is 0. The number of carbonyl (C=O) groups excluding carboxylic acids is 1. The number of aliphatic hydroxyl groups is 1. The number of rotatable bonds is 8. The lowest BCUT2D eigenvalue weighted by Crippen LogP contribution is -2.35. The molecule has 2 rings (SSSR count). The van der Waals surface area contributed by atoms with Crippen LogP contribution >= 0.6 is 0 Å². The number of nitrogens with one attached hydrogen (secondary N) is 1. The standard InChI is InChI=1S/C16H19F2N3O3/c1-21-9-11(7-20-21)2-5-16(23)19-8-12(22)10-24-13-3-4-14(17)15(18)6-13/h3-4,6-7,9,12,22H,2,5,8,10H2,1H3,(H,19,23). The average molecular weight is 339 g/mol. The number of carbonyl (C=O) groups is 1. The van der Waals surface area contributed by atoms with Crippen molar-refractivity contribution in [2.24, 2.45) is 7.05 Å². The molecular formula is C16H19F2N3O3. The minimum absolute atomic E-state index is 0.00947. The van der Waals surface area contributed by atoms with Crippen molar-refractivity contribution in [3.05, 3.63) is 47.8 Å². The summed E-state index contributed by atoms with van der Waals surface area (Å²) in [5, 5.41) is 16.3. The van der Waals surface area contributed by atoms with Crippen LogP contribution in [0.25, 0.3) is 0 Å². The van der Waals surface area contributed by atoms with Crippen LogP contribution in [0, 0.1) is 11.6 Å². The first-order chi connectivity index (χ1) is 11.4. The number of aromatic nitrogens is 2. The van der Waals surface area contributed by atoms with E-state index >= 15 is 0 Å². The van der Waals surface area contributed by atoms with Gasteiger partial charge in [-0.05, 0) is 24.1 Å². The average Bonchev–Trinajstić information content (AvgIpc) is 2.97. The Morgan fingerprint density at radius 2 is 2.21 bits per heavy atom. The van der Waals surface area contributed by atoms with Gasteiger partial charge in [-0.1, -0.05) is 0 Å². The molecule has 2 N–H and O–H groups in total. The third kappa shape index (κ3) is 5.62.